The largest absolute Gasteiger partial charge is 0.493 e. The van der Waals surface area contributed by atoms with Crippen LogP contribution in [0, 0.1) is 0 Å². The summed E-state index contributed by atoms with van der Waals surface area (Å²) in [6.45, 7) is 4.69. The highest BCUT2D eigenvalue weighted by molar-refractivity contribution is 8.26. The van der Waals surface area contributed by atoms with Crippen molar-refractivity contribution in [3.8, 4) is 11.5 Å². The van der Waals surface area contributed by atoms with Gasteiger partial charge < -0.3 is 14.2 Å². The molecule has 1 heterocycles. The fourth-order valence-electron chi connectivity index (χ4n) is 2.28. The number of nitrogens with zero attached hydrogens (tertiary/aromatic N) is 1. The number of thiocarbonyl (C=S) groups is 1. The Morgan fingerprint density at radius 1 is 1.22 bits per heavy atom. The number of carbonyl (C=O) groups is 2. The van der Waals surface area contributed by atoms with Crippen molar-refractivity contribution in [2.24, 2.45) is 0 Å². The summed E-state index contributed by atoms with van der Waals surface area (Å²) >= 11 is 6.40. The van der Waals surface area contributed by atoms with Crippen LogP contribution in [0.25, 0.3) is 6.08 Å². The van der Waals surface area contributed by atoms with E-state index >= 15 is 0 Å². The molecule has 146 valence electrons. The van der Waals surface area contributed by atoms with E-state index in [4.69, 9.17) is 26.4 Å². The zero-order chi connectivity index (χ0) is 19.8. The quantitative estimate of drug-likeness (QED) is 0.350. The van der Waals surface area contributed by atoms with Crippen LogP contribution in [-0.4, -0.2) is 48.0 Å². The van der Waals surface area contributed by atoms with Gasteiger partial charge in [0, 0.05) is 0 Å². The van der Waals surface area contributed by atoms with Crippen LogP contribution in [0.5, 0.6) is 11.5 Å². The van der Waals surface area contributed by atoms with Crippen molar-refractivity contribution in [2.75, 3.05) is 26.9 Å². The lowest BCUT2D eigenvalue weighted by Crippen LogP contribution is -2.34. The van der Waals surface area contributed by atoms with Crippen LogP contribution in [0.15, 0.2) is 23.1 Å². The second kappa shape index (κ2) is 10.3. The molecule has 1 aliphatic rings. The molecule has 1 aliphatic heterocycles. The molecular formula is C19H23NO5S2. The molecule has 6 nitrogen and oxygen atoms in total. The molecule has 1 amide bonds. The molecular weight excluding hydrogens is 386 g/mol. The number of hydrogen-bond acceptors (Lipinski definition) is 7. The van der Waals surface area contributed by atoms with E-state index in [1.54, 1.807) is 19.3 Å². The summed E-state index contributed by atoms with van der Waals surface area (Å²) in [5, 5.41) is 0. The Morgan fingerprint density at radius 3 is 2.63 bits per heavy atom. The zero-order valence-corrected chi connectivity index (χ0v) is 17.3. The summed E-state index contributed by atoms with van der Waals surface area (Å²) in [5.74, 6) is 0.482. The number of benzene rings is 1. The molecule has 0 aliphatic carbocycles. The monoisotopic (exact) mass is 409 g/mol. The normalized spacial score (nSPS) is 15.4. The number of carbonyl (C=O) groups excluding carboxylic acids is 2. The van der Waals surface area contributed by atoms with Crippen molar-refractivity contribution in [1.82, 2.24) is 4.90 Å². The van der Waals surface area contributed by atoms with Crippen molar-refractivity contribution < 1.29 is 23.8 Å². The lowest BCUT2D eigenvalue weighted by atomic mass is 10.2. The first-order valence-electron chi connectivity index (χ1n) is 8.72. The van der Waals surface area contributed by atoms with E-state index < -0.39 is 5.97 Å². The maximum atomic E-state index is 12.6. The van der Waals surface area contributed by atoms with Crippen LogP contribution in [0.1, 0.15) is 32.3 Å². The molecule has 2 rings (SSSR count). The Labute approximate surface area is 168 Å². The van der Waals surface area contributed by atoms with Gasteiger partial charge in [-0.05, 0) is 36.6 Å². The van der Waals surface area contributed by atoms with Gasteiger partial charge in [-0.15, -0.1) is 0 Å². The predicted octanol–water partition coefficient (Wildman–Crippen LogP) is 3.64. The van der Waals surface area contributed by atoms with E-state index in [9.17, 15) is 9.59 Å². The summed E-state index contributed by atoms with van der Waals surface area (Å²) in [7, 11) is 1.57. The topological polar surface area (TPSA) is 65.1 Å². The molecule has 1 saturated heterocycles. The fraction of sp³-hybridized carbons (Fsp3) is 0.421. The van der Waals surface area contributed by atoms with Crippen molar-refractivity contribution in [1.29, 1.82) is 0 Å². The van der Waals surface area contributed by atoms with E-state index in [0.717, 1.165) is 30.2 Å². The van der Waals surface area contributed by atoms with Crippen molar-refractivity contribution >= 4 is 46.3 Å². The van der Waals surface area contributed by atoms with Gasteiger partial charge in [0.25, 0.3) is 5.91 Å². The first kappa shape index (κ1) is 21.2. The molecule has 1 aromatic carbocycles. The average Bonchev–Trinajstić information content (AvgIpc) is 2.92. The number of esters is 1. The Hall–Kier alpha value is -2.06. The Morgan fingerprint density at radius 2 is 1.96 bits per heavy atom. The smallest absolute Gasteiger partial charge is 0.326 e. The lowest BCUT2D eigenvalue weighted by molar-refractivity contribution is -0.146. The summed E-state index contributed by atoms with van der Waals surface area (Å²) in [5.41, 5.74) is 0.782. The van der Waals surface area contributed by atoms with Gasteiger partial charge in [-0.2, -0.15) is 0 Å². The molecule has 0 spiro atoms. The Bertz CT molecular complexity index is 748. The van der Waals surface area contributed by atoms with E-state index in [2.05, 4.69) is 0 Å². The zero-order valence-electron chi connectivity index (χ0n) is 15.6. The van der Waals surface area contributed by atoms with Crippen molar-refractivity contribution in [2.45, 2.75) is 26.7 Å². The average molecular weight is 410 g/mol. The second-order valence-corrected chi connectivity index (χ2v) is 7.42. The van der Waals surface area contributed by atoms with Gasteiger partial charge in [0.1, 0.15) is 10.9 Å². The molecule has 0 radical (unpaired) electrons. The SMILES string of the molecule is CCCOC(=O)CN1C(=O)/C(=C/c2ccc(OCCC)c(OC)c2)SC1=S. The number of thioether (sulfide) groups is 1. The van der Waals surface area contributed by atoms with Gasteiger partial charge in [0.2, 0.25) is 0 Å². The molecule has 0 aromatic heterocycles. The van der Waals surface area contributed by atoms with Crippen LogP contribution in [0.2, 0.25) is 0 Å². The highest BCUT2D eigenvalue weighted by atomic mass is 32.2. The molecule has 0 bridgehead atoms. The van der Waals surface area contributed by atoms with Crippen LogP contribution < -0.4 is 9.47 Å². The molecule has 0 unspecified atom stereocenters. The molecule has 1 aromatic rings. The highest BCUT2D eigenvalue weighted by Gasteiger charge is 2.33. The number of hydrogen-bond donors (Lipinski definition) is 0. The minimum absolute atomic E-state index is 0.172. The molecule has 1 fully saturated rings. The minimum Gasteiger partial charge on any atom is -0.493 e. The molecule has 0 saturated carbocycles. The van der Waals surface area contributed by atoms with Crippen molar-refractivity contribution in [3.63, 3.8) is 0 Å². The predicted molar refractivity (Wildman–Crippen MR) is 110 cm³/mol. The third-order valence-electron chi connectivity index (χ3n) is 3.58. The van der Waals surface area contributed by atoms with Crippen LogP contribution in [-0.2, 0) is 14.3 Å². The van der Waals surface area contributed by atoms with E-state index in [0.29, 0.717) is 33.9 Å². The van der Waals surface area contributed by atoms with Gasteiger partial charge in [-0.1, -0.05) is 43.9 Å². The van der Waals surface area contributed by atoms with Gasteiger partial charge in [0.05, 0.1) is 25.2 Å². The van der Waals surface area contributed by atoms with Crippen LogP contribution in [0.4, 0.5) is 0 Å². The number of methoxy groups -OCH3 is 1. The third kappa shape index (κ3) is 5.71. The third-order valence-corrected chi connectivity index (χ3v) is 4.95. The van der Waals surface area contributed by atoms with Crippen LogP contribution >= 0.6 is 24.0 Å². The maximum Gasteiger partial charge on any atom is 0.326 e. The molecule has 27 heavy (non-hydrogen) atoms. The molecule has 0 N–H and O–H groups in total. The number of ether oxygens (including phenoxy) is 3. The standard InChI is InChI=1S/C19H23NO5S2/c1-4-8-24-14-7-6-13(10-15(14)23-3)11-16-18(22)20(19(26)27-16)12-17(21)25-9-5-2/h6-7,10-11H,4-5,8-9,12H2,1-3H3/b16-11-. The number of amides is 1. The molecule has 0 atom stereocenters. The second-order valence-electron chi connectivity index (χ2n) is 5.75. The Balaban J connectivity index is 2.13. The van der Waals surface area contributed by atoms with Gasteiger partial charge >= 0.3 is 5.97 Å². The molecule has 8 heteroatoms. The lowest BCUT2D eigenvalue weighted by Gasteiger charge is -2.13. The minimum atomic E-state index is -0.464. The maximum absolute atomic E-state index is 12.6. The first-order chi connectivity index (χ1) is 13.0. The van der Waals surface area contributed by atoms with Gasteiger partial charge in [-0.3, -0.25) is 14.5 Å². The summed E-state index contributed by atoms with van der Waals surface area (Å²) in [6.07, 6.45) is 3.35. The first-order valence-corrected chi connectivity index (χ1v) is 9.94. The van der Waals surface area contributed by atoms with E-state index in [1.165, 1.54) is 4.90 Å². The van der Waals surface area contributed by atoms with Crippen LogP contribution in [0.3, 0.4) is 0 Å². The van der Waals surface area contributed by atoms with Gasteiger partial charge in [-0.25, -0.2) is 0 Å². The van der Waals surface area contributed by atoms with E-state index in [-0.39, 0.29) is 12.5 Å². The summed E-state index contributed by atoms with van der Waals surface area (Å²) < 4.78 is 16.4. The van der Waals surface area contributed by atoms with E-state index in [1.807, 2.05) is 26.0 Å². The number of rotatable bonds is 9. The Kier molecular flexibility index (Phi) is 8.12. The highest BCUT2D eigenvalue weighted by Crippen LogP contribution is 2.34. The summed E-state index contributed by atoms with van der Waals surface area (Å²) in [6, 6.07) is 5.45. The van der Waals surface area contributed by atoms with Crippen molar-refractivity contribution in [3.05, 3.63) is 28.7 Å². The summed E-state index contributed by atoms with van der Waals surface area (Å²) in [4.78, 5) is 26.1. The fourth-order valence-corrected chi connectivity index (χ4v) is 3.54. The van der Waals surface area contributed by atoms with Gasteiger partial charge in [0.15, 0.2) is 11.5 Å².